The summed E-state index contributed by atoms with van der Waals surface area (Å²) in [6.07, 6.45) is 3.19. The molecular weight excluding hydrogens is 366 g/mol. The largest absolute Gasteiger partial charge is 0.382 e. The number of hydrogen-bond donors (Lipinski definition) is 1. The zero-order valence-electron chi connectivity index (χ0n) is 14.7. The fourth-order valence-corrected chi connectivity index (χ4v) is 4.31. The molecule has 0 saturated carbocycles. The Bertz CT molecular complexity index is 980. The molecule has 7 heteroatoms. The van der Waals surface area contributed by atoms with E-state index in [0.29, 0.717) is 22.8 Å². The fraction of sp³-hybridized carbons (Fsp3) is 0.263. The van der Waals surface area contributed by atoms with Crippen molar-refractivity contribution in [1.82, 2.24) is 9.97 Å². The molecular formula is C19H21N3O2S2. The molecule has 0 aliphatic rings. The lowest BCUT2D eigenvalue weighted by atomic mass is 10.1. The Morgan fingerprint density at radius 3 is 2.46 bits per heavy atom. The third-order valence-electron chi connectivity index (χ3n) is 4.21. The van der Waals surface area contributed by atoms with Crippen LogP contribution in [0, 0.1) is 0 Å². The average molecular weight is 388 g/mol. The normalized spacial score (nSPS) is 11.8. The van der Waals surface area contributed by atoms with Crippen molar-refractivity contribution in [2.24, 2.45) is 0 Å². The van der Waals surface area contributed by atoms with Gasteiger partial charge >= 0.3 is 0 Å². The van der Waals surface area contributed by atoms with E-state index in [1.807, 2.05) is 5.38 Å². The van der Waals surface area contributed by atoms with E-state index in [-0.39, 0.29) is 0 Å². The van der Waals surface area contributed by atoms with E-state index in [2.05, 4.69) is 21.4 Å². The second-order valence-electron chi connectivity index (χ2n) is 6.34. The first-order valence-electron chi connectivity index (χ1n) is 8.34. The van der Waals surface area contributed by atoms with Gasteiger partial charge in [-0.15, -0.1) is 0 Å². The van der Waals surface area contributed by atoms with Crippen molar-refractivity contribution in [1.29, 1.82) is 0 Å². The maximum absolute atomic E-state index is 12.2. The number of nitrogens with zero attached hydrogens (tertiary/aromatic N) is 2. The Kier molecular flexibility index (Phi) is 5.38. The fourth-order valence-electron chi connectivity index (χ4n) is 2.54. The molecule has 136 valence electrons. The standard InChI is InChI=1S/C19H21N3O2S2/c1-13(2)26(23,24)16-6-4-15(5-7-16)18-11-21-19(20)17(22-18)8-3-14-9-10-25-12-14/h4-7,9-13H,3,8H2,1-2H3,(H2,20,21). The van der Waals surface area contributed by atoms with Crippen LogP contribution >= 0.6 is 11.3 Å². The number of rotatable bonds is 6. The third kappa shape index (κ3) is 3.94. The number of hydrogen-bond acceptors (Lipinski definition) is 6. The molecule has 1 aromatic carbocycles. The Hall–Kier alpha value is -2.25. The van der Waals surface area contributed by atoms with Crippen LogP contribution in [0.4, 0.5) is 5.82 Å². The zero-order valence-corrected chi connectivity index (χ0v) is 16.3. The summed E-state index contributed by atoms with van der Waals surface area (Å²) in [5, 5.41) is 3.71. The molecule has 5 nitrogen and oxygen atoms in total. The number of thiophene rings is 1. The predicted octanol–water partition coefficient (Wildman–Crippen LogP) is 3.75. The minimum atomic E-state index is -3.28. The molecule has 2 N–H and O–H groups in total. The SMILES string of the molecule is CC(C)S(=O)(=O)c1ccc(-c2cnc(N)c(CCc3ccsc3)n2)cc1. The first-order valence-corrected chi connectivity index (χ1v) is 10.8. The van der Waals surface area contributed by atoms with Crippen LogP contribution in [0.15, 0.2) is 52.2 Å². The summed E-state index contributed by atoms with van der Waals surface area (Å²) in [6, 6.07) is 8.85. The van der Waals surface area contributed by atoms with Crippen molar-refractivity contribution in [3.8, 4) is 11.3 Å². The summed E-state index contributed by atoms with van der Waals surface area (Å²) in [4.78, 5) is 9.21. The molecule has 0 fully saturated rings. The highest BCUT2D eigenvalue weighted by atomic mass is 32.2. The van der Waals surface area contributed by atoms with E-state index in [0.717, 1.165) is 17.7 Å². The molecule has 0 amide bonds. The number of benzene rings is 1. The van der Waals surface area contributed by atoms with Gasteiger partial charge in [-0.25, -0.2) is 18.4 Å². The maximum Gasteiger partial charge on any atom is 0.180 e. The molecule has 0 saturated heterocycles. The minimum Gasteiger partial charge on any atom is -0.382 e. The van der Waals surface area contributed by atoms with Crippen LogP contribution in [0.25, 0.3) is 11.3 Å². The summed E-state index contributed by atoms with van der Waals surface area (Å²) in [7, 11) is -3.28. The van der Waals surface area contributed by atoms with E-state index < -0.39 is 15.1 Å². The summed E-state index contributed by atoms with van der Waals surface area (Å²) in [5.41, 5.74) is 9.49. The molecule has 2 heterocycles. The van der Waals surface area contributed by atoms with Gasteiger partial charge in [0.15, 0.2) is 9.84 Å². The minimum absolute atomic E-state index is 0.317. The first-order chi connectivity index (χ1) is 12.4. The predicted molar refractivity (Wildman–Crippen MR) is 106 cm³/mol. The molecule has 0 aliphatic heterocycles. The number of anilines is 1. The molecule has 0 radical (unpaired) electrons. The molecule has 0 unspecified atom stereocenters. The van der Waals surface area contributed by atoms with E-state index in [4.69, 9.17) is 5.73 Å². The van der Waals surface area contributed by atoms with Gasteiger partial charge in [0.25, 0.3) is 0 Å². The Morgan fingerprint density at radius 1 is 1.12 bits per heavy atom. The maximum atomic E-state index is 12.2. The van der Waals surface area contributed by atoms with Gasteiger partial charge < -0.3 is 5.73 Å². The van der Waals surface area contributed by atoms with Crippen LogP contribution in [0.5, 0.6) is 0 Å². The molecule has 26 heavy (non-hydrogen) atoms. The third-order valence-corrected chi connectivity index (χ3v) is 7.11. The number of sulfone groups is 1. The lowest BCUT2D eigenvalue weighted by Crippen LogP contribution is -2.13. The average Bonchev–Trinajstić information content (AvgIpc) is 3.14. The van der Waals surface area contributed by atoms with Crippen LogP contribution < -0.4 is 5.73 Å². The van der Waals surface area contributed by atoms with Crippen LogP contribution in [-0.4, -0.2) is 23.6 Å². The molecule has 0 atom stereocenters. The van der Waals surface area contributed by atoms with E-state index >= 15 is 0 Å². The second-order valence-corrected chi connectivity index (χ2v) is 9.62. The summed E-state index contributed by atoms with van der Waals surface area (Å²) >= 11 is 1.67. The lowest BCUT2D eigenvalue weighted by molar-refractivity contribution is 0.587. The second kappa shape index (κ2) is 7.55. The van der Waals surface area contributed by atoms with Gasteiger partial charge in [-0.1, -0.05) is 12.1 Å². The van der Waals surface area contributed by atoms with Crippen molar-refractivity contribution in [3.63, 3.8) is 0 Å². The number of aryl methyl sites for hydroxylation is 2. The van der Waals surface area contributed by atoms with Gasteiger partial charge in [0.1, 0.15) is 5.82 Å². The van der Waals surface area contributed by atoms with Crippen molar-refractivity contribution in [3.05, 3.63) is 58.5 Å². The summed E-state index contributed by atoms with van der Waals surface area (Å²) < 4.78 is 24.5. The van der Waals surface area contributed by atoms with E-state index in [1.165, 1.54) is 5.56 Å². The number of nitrogens with two attached hydrogens (primary N) is 1. The van der Waals surface area contributed by atoms with Gasteiger partial charge in [-0.2, -0.15) is 11.3 Å². The van der Waals surface area contributed by atoms with Crippen molar-refractivity contribution < 1.29 is 8.42 Å². The van der Waals surface area contributed by atoms with Crippen LogP contribution in [0.3, 0.4) is 0 Å². The van der Waals surface area contributed by atoms with E-state index in [1.54, 1.807) is 55.6 Å². The van der Waals surface area contributed by atoms with Gasteiger partial charge in [-0.05, 0) is 61.2 Å². The number of aromatic nitrogens is 2. The van der Waals surface area contributed by atoms with Crippen molar-refractivity contribution in [2.45, 2.75) is 36.8 Å². The highest BCUT2D eigenvalue weighted by Crippen LogP contribution is 2.23. The molecule has 0 bridgehead atoms. The van der Waals surface area contributed by atoms with Crippen LogP contribution in [0.1, 0.15) is 25.1 Å². The monoisotopic (exact) mass is 387 g/mol. The molecule has 0 aliphatic carbocycles. The molecule has 2 aromatic heterocycles. The lowest BCUT2D eigenvalue weighted by Gasteiger charge is -2.10. The highest BCUT2D eigenvalue weighted by Gasteiger charge is 2.19. The summed E-state index contributed by atoms with van der Waals surface area (Å²) in [6.45, 7) is 3.35. The molecule has 3 rings (SSSR count). The molecule has 0 spiro atoms. The van der Waals surface area contributed by atoms with Gasteiger partial charge in [0, 0.05) is 5.56 Å². The van der Waals surface area contributed by atoms with Gasteiger partial charge in [0.05, 0.1) is 27.7 Å². The van der Waals surface area contributed by atoms with Crippen LogP contribution in [-0.2, 0) is 22.7 Å². The Balaban J connectivity index is 1.84. The van der Waals surface area contributed by atoms with Gasteiger partial charge in [-0.3, -0.25) is 0 Å². The zero-order chi connectivity index (χ0) is 18.7. The Morgan fingerprint density at radius 2 is 1.85 bits per heavy atom. The Labute approximate surface area is 157 Å². The summed E-state index contributed by atoms with van der Waals surface area (Å²) in [5.74, 6) is 0.433. The topological polar surface area (TPSA) is 85.9 Å². The van der Waals surface area contributed by atoms with Crippen LogP contribution in [0.2, 0.25) is 0 Å². The van der Waals surface area contributed by atoms with Gasteiger partial charge in [0.2, 0.25) is 0 Å². The smallest absolute Gasteiger partial charge is 0.180 e. The number of nitrogen functional groups attached to an aromatic ring is 1. The van der Waals surface area contributed by atoms with Crippen molar-refractivity contribution >= 4 is 27.0 Å². The van der Waals surface area contributed by atoms with E-state index in [9.17, 15) is 8.42 Å². The molecule has 3 aromatic rings. The highest BCUT2D eigenvalue weighted by molar-refractivity contribution is 7.92. The van der Waals surface area contributed by atoms with Crippen molar-refractivity contribution in [2.75, 3.05) is 5.73 Å². The first kappa shape index (κ1) is 18.5. The quantitative estimate of drug-likeness (QED) is 0.696.